The largest absolute Gasteiger partial charge is 0.322 e. The zero-order valence-electron chi connectivity index (χ0n) is 9.10. The standard InChI is InChI=1S/C14H13NO/c1-11-7-5-6-8-12(11)13-9-3-2-4-10-14(16)15-13/h2-10H,1H3,(H,15,16). The highest BCUT2D eigenvalue weighted by molar-refractivity contribution is 5.95. The van der Waals surface area contributed by atoms with Crippen molar-refractivity contribution in [3.63, 3.8) is 0 Å². The molecule has 0 saturated heterocycles. The molecule has 1 aliphatic heterocycles. The van der Waals surface area contributed by atoms with Crippen molar-refractivity contribution >= 4 is 11.6 Å². The molecule has 2 nitrogen and oxygen atoms in total. The van der Waals surface area contributed by atoms with E-state index in [9.17, 15) is 4.79 Å². The second-order valence-corrected chi connectivity index (χ2v) is 3.63. The van der Waals surface area contributed by atoms with Crippen molar-refractivity contribution in [3.8, 4) is 0 Å². The summed E-state index contributed by atoms with van der Waals surface area (Å²) in [5.41, 5.74) is 3.03. The van der Waals surface area contributed by atoms with E-state index >= 15 is 0 Å². The fourth-order valence-corrected chi connectivity index (χ4v) is 1.61. The molecule has 1 aromatic rings. The third-order valence-electron chi connectivity index (χ3n) is 2.43. The van der Waals surface area contributed by atoms with Gasteiger partial charge in [-0.1, -0.05) is 42.5 Å². The van der Waals surface area contributed by atoms with Crippen molar-refractivity contribution in [1.82, 2.24) is 5.32 Å². The molecule has 0 aliphatic carbocycles. The lowest BCUT2D eigenvalue weighted by molar-refractivity contribution is -0.115. The van der Waals surface area contributed by atoms with Crippen LogP contribution in [0, 0.1) is 6.92 Å². The van der Waals surface area contributed by atoms with Crippen LogP contribution in [-0.2, 0) is 4.79 Å². The smallest absolute Gasteiger partial charge is 0.248 e. The number of hydrogen-bond donors (Lipinski definition) is 1. The molecule has 16 heavy (non-hydrogen) atoms. The molecule has 0 aromatic heterocycles. The lowest BCUT2D eigenvalue weighted by Crippen LogP contribution is -2.20. The second-order valence-electron chi connectivity index (χ2n) is 3.63. The molecule has 0 saturated carbocycles. The highest BCUT2D eigenvalue weighted by atomic mass is 16.1. The molecule has 1 amide bonds. The summed E-state index contributed by atoms with van der Waals surface area (Å²) in [7, 11) is 0. The predicted octanol–water partition coefficient (Wildman–Crippen LogP) is 2.58. The molecule has 1 aromatic carbocycles. The summed E-state index contributed by atoms with van der Waals surface area (Å²) < 4.78 is 0. The molecule has 0 radical (unpaired) electrons. The zero-order chi connectivity index (χ0) is 11.4. The van der Waals surface area contributed by atoms with Gasteiger partial charge in [0.15, 0.2) is 0 Å². The third-order valence-corrected chi connectivity index (χ3v) is 2.43. The number of aryl methyl sites for hydroxylation is 1. The summed E-state index contributed by atoms with van der Waals surface area (Å²) >= 11 is 0. The first-order valence-electron chi connectivity index (χ1n) is 5.19. The Morgan fingerprint density at radius 1 is 1.06 bits per heavy atom. The fraction of sp³-hybridized carbons (Fsp3) is 0.0714. The first-order valence-corrected chi connectivity index (χ1v) is 5.19. The monoisotopic (exact) mass is 211 g/mol. The van der Waals surface area contributed by atoms with Crippen molar-refractivity contribution < 1.29 is 4.79 Å². The van der Waals surface area contributed by atoms with E-state index in [0.717, 1.165) is 16.8 Å². The van der Waals surface area contributed by atoms with E-state index in [2.05, 4.69) is 5.32 Å². The summed E-state index contributed by atoms with van der Waals surface area (Å²) in [4.78, 5) is 11.5. The maximum absolute atomic E-state index is 11.5. The SMILES string of the molecule is Cc1ccccc1/C1=C/C=C\C=C/C(=O)N1. The number of amides is 1. The summed E-state index contributed by atoms with van der Waals surface area (Å²) in [6, 6.07) is 7.98. The van der Waals surface area contributed by atoms with Crippen LogP contribution in [0.3, 0.4) is 0 Å². The van der Waals surface area contributed by atoms with Gasteiger partial charge in [0.2, 0.25) is 5.91 Å². The van der Waals surface area contributed by atoms with E-state index in [-0.39, 0.29) is 5.91 Å². The molecule has 1 heterocycles. The van der Waals surface area contributed by atoms with Crippen LogP contribution in [0.1, 0.15) is 11.1 Å². The minimum absolute atomic E-state index is 0.0983. The second kappa shape index (κ2) is 4.62. The Morgan fingerprint density at radius 2 is 1.88 bits per heavy atom. The van der Waals surface area contributed by atoms with Crippen molar-refractivity contribution in [1.29, 1.82) is 0 Å². The first-order chi connectivity index (χ1) is 7.77. The zero-order valence-corrected chi connectivity index (χ0v) is 9.10. The molecule has 1 N–H and O–H groups in total. The average molecular weight is 211 g/mol. The Bertz CT molecular complexity index is 495. The third kappa shape index (κ3) is 2.28. The van der Waals surface area contributed by atoms with Gasteiger partial charge in [0.25, 0.3) is 0 Å². The van der Waals surface area contributed by atoms with E-state index in [1.165, 1.54) is 6.08 Å². The quantitative estimate of drug-likeness (QED) is 0.760. The van der Waals surface area contributed by atoms with Crippen LogP contribution < -0.4 is 5.32 Å². The molecular formula is C14H13NO. The van der Waals surface area contributed by atoms with Gasteiger partial charge in [0.05, 0.1) is 0 Å². The van der Waals surface area contributed by atoms with Crippen LogP contribution >= 0.6 is 0 Å². The average Bonchev–Trinajstić information content (AvgIpc) is 2.24. The summed E-state index contributed by atoms with van der Waals surface area (Å²) in [5.74, 6) is -0.0983. The number of carbonyl (C=O) groups excluding carboxylic acids is 1. The van der Waals surface area contributed by atoms with Crippen LogP contribution in [0.25, 0.3) is 5.70 Å². The van der Waals surface area contributed by atoms with Crippen LogP contribution in [-0.4, -0.2) is 5.91 Å². The number of benzene rings is 1. The molecular weight excluding hydrogens is 198 g/mol. The molecule has 0 unspecified atom stereocenters. The highest BCUT2D eigenvalue weighted by Crippen LogP contribution is 2.16. The molecule has 0 fully saturated rings. The molecule has 2 rings (SSSR count). The maximum Gasteiger partial charge on any atom is 0.248 e. The van der Waals surface area contributed by atoms with Crippen molar-refractivity contribution in [2.45, 2.75) is 6.92 Å². The molecule has 0 bridgehead atoms. The van der Waals surface area contributed by atoms with Crippen molar-refractivity contribution in [2.75, 3.05) is 0 Å². The molecule has 1 aliphatic rings. The lowest BCUT2D eigenvalue weighted by Gasteiger charge is -2.11. The lowest BCUT2D eigenvalue weighted by atomic mass is 10.0. The van der Waals surface area contributed by atoms with E-state index < -0.39 is 0 Å². The number of rotatable bonds is 1. The topological polar surface area (TPSA) is 29.1 Å². The van der Waals surface area contributed by atoms with E-state index in [1.807, 2.05) is 49.4 Å². The van der Waals surface area contributed by atoms with E-state index in [1.54, 1.807) is 6.08 Å². The van der Waals surface area contributed by atoms with Gasteiger partial charge in [-0.25, -0.2) is 0 Å². The minimum Gasteiger partial charge on any atom is -0.322 e. The number of carbonyl (C=O) groups is 1. The number of hydrogen-bond acceptors (Lipinski definition) is 1. The Balaban J connectivity index is 2.40. The summed E-state index contributed by atoms with van der Waals surface area (Å²) in [5, 5.41) is 2.86. The van der Waals surface area contributed by atoms with E-state index in [0.29, 0.717) is 0 Å². The first kappa shape index (κ1) is 10.4. The van der Waals surface area contributed by atoms with Gasteiger partial charge in [0, 0.05) is 17.3 Å². The van der Waals surface area contributed by atoms with Gasteiger partial charge >= 0.3 is 0 Å². The van der Waals surface area contributed by atoms with Crippen LogP contribution in [0.5, 0.6) is 0 Å². The molecule has 2 heteroatoms. The van der Waals surface area contributed by atoms with Crippen LogP contribution in [0.15, 0.2) is 54.6 Å². The predicted molar refractivity (Wildman–Crippen MR) is 65.6 cm³/mol. The van der Waals surface area contributed by atoms with Gasteiger partial charge in [-0.3, -0.25) is 4.79 Å². The Labute approximate surface area is 95.0 Å². The Kier molecular flexibility index (Phi) is 3.01. The molecule has 0 spiro atoms. The van der Waals surface area contributed by atoms with Gasteiger partial charge in [0.1, 0.15) is 0 Å². The normalized spacial score (nSPS) is 22.3. The number of allylic oxidation sites excluding steroid dienone is 4. The number of nitrogens with one attached hydrogen (secondary N) is 1. The molecule has 0 atom stereocenters. The van der Waals surface area contributed by atoms with Crippen LogP contribution in [0.2, 0.25) is 0 Å². The van der Waals surface area contributed by atoms with E-state index in [4.69, 9.17) is 0 Å². The fourth-order valence-electron chi connectivity index (χ4n) is 1.61. The van der Waals surface area contributed by atoms with Gasteiger partial charge < -0.3 is 5.32 Å². The van der Waals surface area contributed by atoms with Crippen LogP contribution in [0.4, 0.5) is 0 Å². The maximum atomic E-state index is 11.5. The van der Waals surface area contributed by atoms with Gasteiger partial charge in [-0.2, -0.15) is 0 Å². The molecule has 80 valence electrons. The van der Waals surface area contributed by atoms with Gasteiger partial charge in [-0.15, -0.1) is 0 Å². The highest BCUT2D eigenvalue weighted by Gasteiger charge is 2.06. The van der Waals surface area contributed by atoms with Gasteiger partial charge in [-0.05, 0) is 18.6 Å². The Hall–Kier alpha value is -2.09. The van der Waals surface area contributed by atoms with Crippen molar-refractivity contribution in [2.24, 2.45) is 0 Å². The summed E-state index contributed by atoms with van der Waals surface area (Å²) in [6.45, 7) is 2.03. The Morgan fingerprint density at radius 3 is 2.69 bits per heavy atom. The summed E-state index contributed by atoms with van der Waals surface area (Å²) in [6.07, 6.45) is 8.90. The van der Waals surface area contributed by atoms with Crippen molar-refractivity contribution in [3.05, 3.63) is 65.8 Å². The minimum atomic E-state index is -0.0983.